The molecule has 2 atom stereocenters. The molecule has 2 aromatic rings. The van der Waals surface area contributed by atoms with E-state index < -0.39 is 6.17 Å². The van der Waals surface area contributed by atoms with Gasteiger partial charge in [-0.15, -0.1) is 0 Å². The van der Waals surface area contributed by atoms with Crippen LogP contribution in [0.1, 0.15) is 56.0 Å². The molecule has 2 aliphatic rings. The number of likely N-dealkylation sites (tertiary alicyclic amines) is 1. The van der Waals surface area contributed by atoms with Gasteiger partial charge in [0.15, 0.2) is 0 Å². The van der Waals surface area contributed by atoms with Gasteiger partial charge < -0.3 is 15.2 Å². The summed E-state index contributed by atoms with van der Waals surface area (Å²) in [6, 6.07) is 2.09. The molecule has 30 heavy (non-hydrogen) atoms. The van der Waals surface area contributed by atoms with Gasteiger partial charge >= 0.3 is 0 Å². The lowest BCUT2D eigenvalue weighted by Crippen LogP contribution is -2.45. The first-order valence-corrected chi connectivity index (χ1v) is 10.5. The summed E-state index contributed by atoms with van der Waals surface area (Å²) in [5, 5.41) is 8.18. The number of nitrogens with one attached hydrogen (secondary N) is 2. The van der Waals surface area contributed by atoms with Crippen molar-refractivity contribution in [3.63, 3.8) is 0 Å². The van der Waals surface area contributed by atoms with Crippen LogP contribution in [0.5, 0.6) is 0 Å². The van der Waals surface area contributed by atoms with Crippen LogP contribution < -0.4 is 5.32 Å². The molecule has 2 aromatic heterocycles. The lowest BCUT2D eigenvalue weighted by molar-refractivity contribution is -0.131. The second kappa shape index (κ2) is 8.08. The summed E-state index contributed by atoms with van der Waals surface area (Å²) in [5.74, 6) is 0.643. The molecule has 0 aromatic carbocycles. The molecule has 2 N–H and O–H groups in total. The van der Waals surface area contributed by atoms with Crippen LogP contribution in [-0.2, 0) is 4.79 Å². The maximum absolute atomic E-state index is 14.9. The summed E-state index contributed by atoms with van der Waals surface area (Å²) >= 11 is 0. The molecule has 0 bridgehead atoms. The fraction of sp³-hybridized carbons (Fsp3) is 0.500. The van der Waals surface area contributed by atoms with Crippen molar-refractivity contribution in [2.75, 3.05) is 13.1 Å². The number of alkyl halides is 1. The number of hydrogen-bond acceptors (Lipinski definition) is 4. The summed E-state index contributed by atoms with van der Waals surface area (Å²) in [7, 11) is 0. The Morgan fingerprint density at radius 3 is 2.73 bits per heavy atom. The lowest BCUT2D eigenvalue weighted by Gasteiger charge is -2.34. The summed E-state index contributed by atoms with van der Waals surface area (Å²) < 4.78 is 16.7. The van der Waals surface area contributed by atoms with Crippen LogP contribution >= 0.6 is 0 Å². The highest BCUT2D eigenvalue weighted by Crippen LogP contribution is 2.35. The molecular formula is C22H29FN6O. The number of halogens is 1. The molecule has 160 valence electrons. The molecule has 8 heteroatoms. The van der Waals surface area contributed by atoms with Crippen molar-refractivity contribution in [1.29, 1.82) is 0 Å². The van der Waals surface area contributed by atoms with Gasteiger partial charge in [-0.25, -0.2) is 9.38 Å². The van der Waals surface area contributed by atoms with E-state index in [0.717, 1.165) is 46.8 Å². The zero-order chi connectivity index (χ0) is 21.4. The first kappa shape index (κ1) is 20.4. The molecule has 1 aliphatic carbocycles. The number of carbonyl (C=O) groups is 1. The minimum Gasteiger partial charge on any atom is -0.381 e. The van der Waals surface area contributed by atoms with E-state index in [9.17, 15) is 9.18 Å². The number of hydrogen-bond donors (Lipinski definition) is 2. The van der Waals surface area contributed by atoms with E-state index in [1.807, 2.05) is 25.4 Å². The standard InChI is InChI=1S/C22H29FN6O/c1-13(21(27-16-5-6-16)17-7-9-25-22(17)24-4)18-11-26-29(14(18)2)20-8-10-28(15(3)30)12-19(20)23/h7,9,11,16,19-20,25,27H,4-6,8,10,12H2,1-3H3/b21-13-/t19-,20-/m0/s1. The maximum atomic E-state index is 14.9. The Morgan fingerprint density at radius 2 is 2.10 bits per heavy atom. The van der Waals surface area contributed by atoms with Crippen LogP contribution in [-0.4, -0.2) is 57.6 Å². The normalized spacial score (nSPS) is 22.6. The summed E-state index contributed by atoms with van der Waals surface area (Å²) in [6.45, 7) is 9.86. The number of nitrogens with zero attached hydrogens (tertiary/aromatic N) is 4. The highest BCUT2D eigenvalue weighted by Gasteiger charge is 2.33. The zero-order valence-electron chi connectivity index (χ0n) is 17.8. The topological polar surface area (TPSA) is 78.3 Å². The maximum Gasteiger partial charge on any atom is 0.219 e. The fourth-order valence-corrected chi connectivity index (χ4v) is 4.23. The largest absolute Gasteiger partial charge is 0.381 e. The molecule has 2 fully saturated rings. The average molecular weight is 413 g/mol. The lowest BCUT2D eigenvalue weighted by atomic mass is 10.0. The van der Waals surface area contributed by atoms with Gasteiger partial charge in [0.1, 0.15) is 12.0 Å². The van der Waals surface area contributed by atoms with Gasteiger partial charge in [-0.1, -0.05) is 0 Å². The summed E-state index contributed by atoms with van der Waals surface area (Å²) in [5.41, 5.74) is 4.93. The van der Waals surface area contributed by atoms with Crippen LogP contribution in [0.4, 0.5) is 10.2 Å². The van der Waals surface area contributed by atoms with E-state index >= 15 is 0 Å². The highest BCUT2D eigenvalue weighted by molar-refractivity contribution is 5.92. The van der Waals surface area contributed by atoms with Crippen molar-refractivity contribution in [2.45, 2.75) is 58.3 Å². The van der Waals surface area contributed by atoms with E-state index in [0.29, 0.717) is 19.0 Å². The predicted octanol–water partition coefficient (Wildman–Crippen LogP) is 3.62. The SMILES string of the molecule is C=Nc1[nH]ccc1/C(NC1CC1)=C(\C)c1cnn([C@H]2CCN(C(C)=O)C[C@@H]2F)c1C. The third-order valence-electron chi connectivity index (χ3n) is 6.17. The Morgan fingerprint density at radius 1 is 1.33 bits per heavy atom. The molecule has 1 saturated carbocycles. The van der Waals surface area contributed by atoms with Gasteiger partial charge in [0.05, 0.1) is 18.8 Å². The Hall–Kier alpha value is -2.90. The highest BCUT2D eigenvalue weighted by atomic mass is 19.1. The van der Waals surface area contributed by atoms with Gasteiger partial charge in [0.2, 0.25) is 5.91 Å². The molecule has 1 amide bonds. The van der Waals surface area contributed by atoms with Crippen LogP contribution in [0.3, 0.4) is 0 Å². The van der Waals surface area contributed by atoms with Crippen molar-refractivity contribution >= 4 is 29.7 Å². The predicted molar refractivity (Wildman–Crippen MR) is 116 cm³/mol. The number of aromatic amines is 1. The third-order valence-corrected chi connectivity index (χ3v) is 6.17. The molecule has 1 aliphatic heterocycles. The van der Waals surface area contributed by atoms with Crippen LogP contribution in [0.25, 0.3) is 11.3 Å². The average Bonchev–Trinajstić information content (AvgIpc) is 3.28. The Bertz CT molecular complexity index is 986. The number of aromatic nitrogens is 3. The second-order valence-corrected chi connectivity index (χ2v) is 8.24. The smallest absolute Gasteiger partial charge is 0.219 e. The van der Waals surface area contributed by atoms with Crippen molar-refractivity contribution in [3.8, 4) is 0 Å². The molecule has 0 radical (unpaired) electrons. The minimum absolute atomic E-state index is 0.0818. The quantitative estimate of drug-likeness (QED) is 0.712. The van der Waals surface area contributed by atoms with Crippen LogP contribution in [0.2, 0.25) is 0 Å². The van der Waals surface area contributed by atoms with Crippen molar-refractivity contribution < 1.29 is 9.18 Å². The number of H-pyrrole nitrogens is 1. The van der Waals surface area contributed by atoms with Crippen molar-refractivity contribution in [1.82, 2.24) is 25.0 Å². The van der Waals surface area contributed by atoms with E-state index in [-0.39, 0.29) is 18.5 Å². The van der Waals surface area contributed by atoms with E-state index in [1.54, 1.807) is 9.58 Å². The van der Waals surface area contributed by atoms with E-state index in [4.69, 9.17) is 0 Å². The summed E-state index contributed by atoms with van der Waals surface area (Å²) in [6.07, 6.45) is 5.39. The number of allylic oxidation sites excluding steroid dienone is 1. The first-order chi connectivity index (χ1) is 14.4. The molecule has 0 unspecified atom stereocenters. The Kier molecular flexibility index (Phi) is 5.49. The Balaban J connectivity index is 1.67. The van der Waals surface area contributed by atoms with Crippen LogP contribution in [0.15, 0.2) is 23.5 Å². The molecule has 7 nitrogen and oxygen atoms in total. The third kappa shape index (κ3) is 3.78. The number of carbonyl (C=O) groups excluding carboxylic acids is 1. The summed E-state index contributed by atoms with van der Waals surface area (Å²) in [4.78, 5) is 20.4. The van der Waals surface area contributed by atoms with Gasteiger partial charge in [0.25, 0.3) is 0 Å². The number of rotatable bonds is 6. The van der Waals surface area contributed by atoms with Crippen molar-refractivity contribution in [2.24, 2.45) is 4.99 Å². The zero-order valence-corrected chi connectivity index (χ0v) is 17.8. The molecular weight excluding hydrogens is 383 g/mol. The van der Waals surface area contributed by atoms with Crippen LogP contribution in [0, 0.1) is 6.92 Å². The number of aliphatic imine (C=N–C) groups is 1. The van der Waals surface area contributed by atoms with Gasteiger partial charge in [-0.3, -0.25) is 9.48 Å². The molecule has 1 saturated heterocycles. The fourth-order valence-electron chi connectivity index (χ4n) is 4.23. The second-order valence-electron chi connectivity index (χ2n) is 8.24. The molecule has 3 heterocycles. The number of piperidine rings is 1. The minimum atomic E-state index is -1.14. The van der Waals surface area contributed by atoms with Gasteiger partial charge in [-0.05, 0) is 51.5 Å². The first-order valence-electron chi connectivity index (χ1n) is 10.5. The molecule has 4 rings (SSSR count). The van der Waals surface area contributed by atoms with Gasteiger partial charge in [0, 0.05) is 48.2 Å². The van der Waals surface area contributed by atoms with E-state index in [2.05, 4.69) is 34.0 Å². The molecule has 0 spiro atoms. The van der Waals surface area contributed by atoms with Gasteiger partial charge in [-0.2, -0.15) is 5.10 Å². The monoisotopic (exact) mass is 412 g/mol. The van der Waals surface area contributed by atoms with Crippen molar-refractivity contribution in [3.05, 3.63) is 35.3 Å². The Labute approximate surface area is 176 Å². The number of amides is 1. The van der Waals surface area contributed by atoms with E-state index in [1.165, 1.54) is 6.92 Å².